The number of sulfonamides is 1. The number of rotatable bonds is 3. The molecule has 2 aliphatic heterocycles. The number of piperidine rings is 1. The van der Waals surface area contributed by atoms with E-state index in [9.17, 15) is 13.2 Å². The molecule has 1 amide bonds. The molecule has 0 radical (unpaired) electrons. The Hall–Kier alpha value is -2.38. The molecule has 1 fully saturated rings. The van der Waals surface area contributed by atoms with Gasteiger partial charge in [-0.2, -0.15) is 4.31 Å². The molecule has 6 nitrogen and oxygen atoms in total. The summed E-state index contributed by atoms with van der Waals surface area (Å²) in [6.07, 6.45) is 1.37. The number of hydrogen-bond acceptors (Lipinski definition) is 4. The van der Waals surface area contributed by atoms with Crippen LogP contribution in [-0.2, 0) is 14.8 Å². The van der Waals surface area contributed by atoms with Gasteiger partial charge in [-0.15, -0.1) is 0 Å². The van der Waals surface area contributed by atoms with Gasteiger partial charge >= 0.3 is 0 Å². The Morgan fingerprint density at radius 2 is 1.74 bits per heavy atom. The molecule has 1 atom stereocenters. The molecular weight excluding hydrogens is 364 g/mol. The average molecular weight is 386 g/mol. The zero-order valence-corrected chi connectivity index (χ0v) is 15.8. The number of nitrogens with zero attached hydrogens (tertiary/aromatic N) is 2. The second-order valence-electron chi connectivity index (χ2n) is 6.82. The van der Waals surface area contributed by atoms with Crippen molar-refractivity contribution in [2.24, 2.45) is 5.92 Å². The molecule has 27 heavy (non-hydrogen) atoms. The van der Waals surface area contributed by atoms with Crippen molar-refractivity contribution >= 4 is 21.6 Å². The molecule has 0 aliphatic carbocycles. The monoisotopic (exact) mass is 386 g/mol. The van der Waals surface area contributed by atoms with Crippen molar-refractivity contribution in [3.63, 3.8) is 0 Å². The van der Waals surface area contributed by atoms with Gasteiger partial charge in [0.1, 0.15) is 12.4 Å². The third kappa shape index (κ3) is 3.44. The maximum absolute atomic E-state index is 13.2. The molecular formula is C20H22N2O4S. The van der Waals surface area contributed by atoms with E-state index in [0.29, 0.717) is 38.3 Å². The van der Waals surface area contributed by atoms with Crippen LogP contribution < -0.4 is 9.64 Å². The van der Waals surface area contributed by atoms with E-state index in [1.54, 1.807) is 35.2 Å². The van der Waals surface area contributed by atoms with E-state index in [4.69, 9.17) is 4.74 Å². The molecule has 2 aromatic carbocycles. The van der Waals surface area contributed by atoms with Crippen LogP contribution in [0.1, 0.15) is 12.8 Å². The summed E-state index contributed by atoms with van der Waals surface area (Å²) in [6, 6.07) is 15.9. The van der Waals surface area contributed by atoms with Gasteiger partial charge < -0.3 is 9.64 Å². The van der Waals surface area contributed by atoms with E-state index in [2.05, 4.69) is 0 Å². The fraction of sp³-hybridized carbons (Fsp3) is 0.350. The lowest BCUT2D eigenvalue weighted by Gasteiger charge is -2.36. The van der Waals surface area contributed by atoms with Gasteiger partial charge in [-0.25, -0.2) is 8.42 Å². The van der Waals surface area contributed by atoms with Crippen molar-refractivity contribution < 1.29 is 17.9 Å². The van der Waals surface area contributed by atoms with Gasteiger partial charge in [0, 0.05) is 13.1 Å². The highest BCUT2D eigenvalue weighted by Gasteiger charge is 2.36. The molecule has 2 heterocycles. The number of hydrogen-bond donors (Lipinski definition) is 0. The van der Waals surface area contributed by atoms with Crippen LogP contribution in [0.5, 0.6) is 5.75 Å². The first-order valence-electron chi connectivity index (χ1n) is 9.16. The van der Waals surface area contributed by atoms with Crippen LogP contribution in [-0.4, -0.2) is 44.9 Å². The van der Waals surface area contributed by atoms with Crippen molar-refractivity contribution in [3.8, 4) is 5.75 Å². The van der Waals surface area contributed by atoms with Crippen LogP contribution in [0.25, 0.3) is 0 Å². The number of anilines is 1. The molecule has 4 rings (SSSR count). The number of carbonyl (C=O) groups excluding carboxylic acids is 1. The number of ether oxygens (including phenoxy) is 1. The normalized spacial score (nSPS) is 20.6. The summed E-state index contributed by atoms with van der Waals surface area (Å²) < 4.78 is 32.9. The van der Waals surface area contributed by atoms with Gasteiger partial charge in [-0.3, -0.25) is 4.79 Å². The summed E-state index contributed by atoms with van der Waals surface area (Å²) in [6.45, 7) is 1.59. The van der Waals surface area contributed by atoms with E-state index in [1.165, 1.54) is 4.31 Å². The van der Waals surface area contributed by atoms with Crippen LogP contribution >= 0.6 is 0 Å². The lowest BCUT2D eigenvalue weighted by Crippen LogP contribution is -2.48. The lowest BCUT2D eigenvalue weighted by atomic mass is 9.97. The molecule has 0 N–H and O–H groups in total. The van der Waals surface area contributed by atoms with Crippen LogP contribution in [0.3, 0.4) is 0 Å². The second-order valence-corrected chi connectivity index (χ2v) is 8.76. The topological polar surface area (TPSA) is 66.9 Å². The zero-order chi connectivity index (χ0) is 18.9. The van der Waals surface area contributed by atoms with E-state index in [0.717, 1.165) is 5.69 Å². The first-order chi connectivity index (χ1) is 13.1. The predicted octanol–water partition coefficient (Wildman–Crippen LogP) is 2.51. The number of carbonyl (C=O) groups is 1. The Morgan fingerprint density at radius 3 is 2.56 bits per heavy atom. The van der Waals surface area contributed by atoms with E-state index >= 15 is 0 Å². The van der Waals surface area contributed by atoms with Crippen LogP contribution in [0, 0.1) is 5.92 Å². The number of benzene rings is 2. The SMILES string of the molecule is O=C(C1CCCN(S(=O)(=O)c2ccccc2)C1)N1CCOc2ccccc21. The maximum atomic E-state index is 13.2. The number of fused-ring (bicyclic) bond motifs is 1. The fourth-order valence-corrected chi connectivity index (χ4v) is 5.27. The highest BCUT2D eigenvalue weighted by Crippen LogP contribution is 2.33. The Bertz CT molecular complexity index is 930. The van der Waals surface area contributed by atoms with Crippen LogP contribution in [0.4, 0.5) is 5.69 Å². The van der Waals surface area contributed by atoms with Crippen molar-refractivity contribution in [3.05, 3.63) is 54.6 Å². The Balaban J connectivity index is 1.55. The van der Waals surface area contributed by atoms with Gasteiger partial charge in [0.05, 0.1) is 23.0 Å². The minimum atomic E-state index is -3.58. The third-order valence-electron chi connectivity index (χ3n) is 5.11. The largest absolute Gasteiger partial charge is 0.490 e. The number of amides is 1. The summed E-state index contributed by atoms with van der Waals surface area (Å²) in [5.41, 5.74) is 0.761. The van der Waals surface area contributed by atoms with Crippen molar-refractivity contribution in [2.45, 2.75) is 17.7 Å². The van der Waals surface area contributed by atoms with Gasteiger partial charge in [0.25, 0.3) is 0 Å². The average Bonchev–Trinajstić information content (AvgIpc) is 2.73. The van der Waals surface area contributed by atoms with Crippen molar-refractivity contribution in [1.82, 2.24) is 4.31 Å². The standard InChI is InChI=1S/C20H22N2O4S/c23-20(22-13-14-26-19-11-5-4-10-18(19)22)16-7-6-12-21(15-16)27(24,25)17-8-2-1-3-9-17/h1-5,8-11,16H,6-7,12-15H2. The first kappa shape index (κ1) is 18.0. The van der Waals surface area contributed by atoms with E-state index in [1.807, 2.05) is 24.3 Å². The number of para-hydroxylation sites is 2. The summed E-state index contributed by atoms with van der Waals surface area (Å²) >= 11 is 0. The smallest absolute Gasteiger partial charge is 0.243 e. The van der Waals surface area contributed by atoms with Gasteiger partial charge in [0.15, 0.2) is 0 Å². The quantitative estimate of drug-likeness (QED) is 0.813. The van der Waals surface area contributed by atoms with Crippen LogP contribution in [0.15, 0.2) is 59.5 Å². The first-order valence-corrected chi connectivity index (χ1v) is 10.6. The lowest BCUT2D eigenvalue weighted by molar-refractivity contribution is -0.123. The molecule has 0 saturated carbocycles. The molecule has 1 saturated heterocycles. The van der Waals surface area contributed by atoms with E-state index in [-0.39, 0.29) is 23.3 Å². The second kappa shape index (κ2) is 7.32. The summed E-state index contributed by atoms with van der Waals surface area (Å²) in [5.74, 6) is 0.323. The molecule has 2 aliphatic rings. The minimum absolute atomic E-state index is 0.0290. The van der Waals surface area contributed by atoms with Crippen molar-refractivity contribution in [1.29, 1.82) is 0 Å². The summed E-state index contributed by atoms with van der Waals surface area (Å²) in [5, 5.41) is 0. The fourth-order valence-electron chi connectivity index (χ4n) is 3.72. The molecule has 1 unspecified atom stereocenters. The predicted molar refractivity (Wildman–Crippen MR) is 102 cm³/mol. The van der Waals surface area contributed by atoms with Gasteiger partial charge in [-0.1, -0.05) is 30.3 Å². The van der Waals surface area contributed by atoms with Gasteiger partial charge in [-0.05, 0) is 37.1 Å². The summed E-state index contributed by atoms with van der Waals surface area (Å²) in [7, 11) is -3.58. The van der Waals surface area contributed by atoms with Gasteiger partial charge in [0.2, 0.25) is 15.9 Å². The Morgan fingerprint density at radius 1 is 1.00 bits per heavy atom. The molecule has 0 spiro atoms. The zero-order valence-electron chi connectivity index (χ0n) is 15.0. The highest BCUT2D eigenvalue weighted by atomic mass is 32.2. The minimum Gasteiger partial charge on any atom is -0.490 e. The Kier molecular flexibility index (Phi) is 4.88. The summed E-state index contributed by atoms with van der Waals surface area (Å²) in [4.78, 5) is 15.2. The third-order valence-corrected chi connectivity index (χ3v) is 6.99. The molecule has 2 aromatic rings. The van der Waals surface area contributed by atoms with E-state index < -0.39 is 10.0 Å². The Labute approximate surface area is 159 Å². The van der Waals surface area contributed by atoms with Crippen molar-refractivity contribution in [2.75, 3.05) is 31.1 Å². The maximum Gasteiger partial charge on any atom is 0.243 e. The highest BCUT2D eigenvalue weighted by molar-refractivity contribution is 7.89. The molecule has 142 valence electrons. The van der Waals surface area contributed by atoms with Crippen LogP contribution in [0.2, 0.25) is 0 Å². The molecule has 7 heteroatoms. The molecule has 0 bridgehead atoms. The molecule has 0 aromatic heterocycles.